The standard InChI is InChI=1S/C18H32N2/c1-5-17(4)20(6-2)14-9-7-8-13-19-18-12-10-11-16(3)15-18/h10-12,15,17,19H,5-9,13-14H2,1-4H3. The number of nitrogens with one attached hydrogen (secondary N) is 1. The van der Waals surface area contributed by atoms with Crippen molar-refractivity contribution < 1.29 is 0 Å². The summed E-state index contributed by atoms with van der Waals surface area (Å²) >= 11 is 0. The van der Waals surface area contributed by atoms with Crippen molar-refractivity contribution in [1.29, 1.82) is 0 Å². The highest BCUT2D eigenvalue weighted by Gasteiger charge is 2.08. The fourth-order valence-corrected chi connectivity index (χ4v) is 2.55. The molecule has 1 rings (SSSR count). The molecule has 0 amide bonds. The average molecular weight is 276 g/mol. The lowest BCUT2D eigenvalue weighted by Crippen LogP contribution is -2.33. The molecule has 0 aromatic heterocycles. The van der Waals surface area contributed by atoms with Crippen LogP contribution in [0.5, 0.6) is 0 Å². The highest BCUT2D eigenvalue weighted by molar-refractivity contribution is 5.45. The van der Waals surface area contributed by atoms with E-state index >= 15 is 0 Å². The third-order valence-corrected chi connectivity index (χ3v) is 4.09. The Kier molecular flexibility index (Phi) is 8.36. The molecule has 0 aliphatic heterocycles. The molecule has 0 saturated carbocycles. The second-order valence-corrected chi connectivity index (χ2v) is 5.74. The Bertz CT molecular complexity index is 362. The van der Waals surface area contributed by atoms with Gasteiger partial charge in [-0.05, 0) is 63.9 Å². The minimum Gasteiger partial charge on any atom is -0.385 e. The molecule has 1 aromatic rings. The van der Waals surface area contributed by atoms with Crippen LogP contribution in [0, 0.1) is 6.92 Å². The molecule has 0 saturated heterocycles. The zero-order valence-electron chi connectivity index (χ0n) is 13.8. The van der Waals surface area contributed by atoms with E-state index in [4.69, 9.17) is 0 Å². The third-order valence-electron chi connectivity index (χ3n) is 4.09. The monoisotopic (exact) mass is 276 g/mol. The van der Waals surface area contributed by atoms with Crippen molar-refractivity contribution in [2.45, 2.75) is 59.4 Å². The van der Waals surface area contributed by atoms with Gasteiger partial charge in [0.1, 0.15) is 0 Å². The van der Waals surface area contributed by atoms with Crippen molar-refractivity contribution in [3.8, 4) is 0 Å². The first-order chi connectivity index (χ1) is 9.67. The maximum absolute atomic E-state index is 3.51. The molecule has 1 atom stereocenters. The average Bonchev–Trinajstić information content (AvgIpc) is 2.46. The van der Waals surface area contributed by atoms with E-state index in [1.165, 1.54) is 50.0 Å². The first-order valence-electron chi connectivity index (χ1n) is 8.22. The van der Waals surface area contributed by atoms with Gasteiger partial charge in [-0.2, -0.15) is 0 Å². The molecule has 0 heterocycles. The SMILES string of the molecule is CCC(C)N(CC)CCCCCNc1cccc(C)c1. The van der Waals surface area contributed by atoms with Crippen molar-refractivity contribution in [2.75, 3.05) is 25.0 Å². The second kappa shape index (κ2) is 9.82. The first-order valence-corrected chi connectivity index (χ1v) is 8.22. The molecule has 2 nitrogen and oxygen atoms in total. The van der Waals surface area contributed by atoms with Crippen LogP contribution in [0.25, 0.3) is 0 Å². The number of nitrogens with zero attached hydrogens (tertiary/aromatic N) is 1. The second-order valence-electron chi connectivity index (χ2n) is 5.74. The van der Waals surface area contributed by atoms with Crippen LogP contribution in [0.2, 0.25) is 0 Å². The molecule has 0 spiro atoms. The zero-order chi connectivity index (χ0) is 14.8. The third kappa shape index (κ3) is 6.42. The van der Waals surface area contributed by atoms with Crippen LogP contribution in [0.3, 0.4) is 0 Å². The molecule has 0 aliphatic rings. The molecule has 0 radical (unpaired) electrons. The quantitative estimate of drug-likeness (QED) is 0.623. The van der Waals surface area contributed by atoms with Crippen LogP contribution in [0.4, 0.5) is 5.69 Å². The van der Waals surface area contributed by atoms with Crippen LogP contribution < -0.4 is 5.32 Å². The number of rotatable bonds is 10. The fraction of sp³-hybridized carbons (Fsp3) is 0.667. The minimum atomic E-state index is 0.727. The van der Waals surface area contributed by atoms with Crippen molar-refractivity contribution >= 4 is 5.69 Å². The van der Waals surface area contributed by atoms with Gasteiger partial charge in [-0.25, -0.2) is 0 Å². The van der Waals surface area contributed by atoms with E-state index in [1.807, 2.05) is 0 Å². The smallest absolute Gasteiger partial charge is 0.0342 e. The normalized spacial score (nSPS) is 12.7. The number of aryl methyl sites for hydroxylation is 1. The Morgan fingerprint density at radius 2 is 1.95 bits per heavy atom. The minimum absolute atomic E-state index is 0.727. The molecular formula is C18H32N2. The summed E-state index contributed by atoms with van der Waals surface area (Å²) in [4.78, 5) is 2.59. The number of anilines is 1. The molecule has 1 aromatic carbocycles. The highest BCUT2D eigenvalue weighted by Crippen LogP contribution is 2.10. The summed E-state index contributed by atoms with van der Waals surface area (Å²) in [5.74, 6) is 0. The number of unbranched alkanes of at least 4 members (excludes halogenated alkanes) is 2. The molecule has 20 heavy (non-hydrogen) atoms. The summed E-state index contributed by atoms with van der Waals surface area (Å²) in [6.07, 6.45) is 5.13. The summed E-state index contributed by atoms with van der Waals surface area (Å²) in [6, 6.07) is 9.34. The van der Waals surface area contributed by atoms with E-state index in [1.54, 1.807) is 0 Å². The van der Waals surface area contributed by atoms with Gasteiger partial charge < -0.3 is 10.2 Å². The Labute approximate surface area is 125 Å². The first kappa shape index (κ1) is 17.0. The molecule has 2 heteroatoms. The summed E-state index contributed by atoms with van der Waals surface area (Å²) < 4.78 is 0. The van der Waals surface area contributed by atoms with E-state index in [0.717, 1.165) is 12.6 Å². The van der Waals surface area contributed by atoms with Crippen LogP contribution >= 0.6 is 0 Å². The van der Waals surface area contributed by atoms with Crippen molar-refractivity contribution in [1.82, 2.24) is 4.90 Å². The largest absolute Gasteiger partial charge is 0.385 e. The van der Waals surface area contributed by atoms with Crippen molar-refractivity contribution in [2.24, 2.45) is 0 Å². The lowest BCUT2D eigenvalue weighted by molar-refractivity contribution is 0.210. The van der Waals surface area contributed by atoms with Gasteiger partial charge in [0.05, 0.1) is 0 Å². The van der Waals surface area contributed by atoms with Gasteiger partial charge >= 0.3 is 0 Å². The Morgan fingerprint density at radius 1 is 1.15 bits per heavy atom. The van der Waals surface area contributed by atoms with Gasteiger partial charge in [0.2, 0.25) is 0 Å². The summed E-state index contributed by atoms with van der Waals surface area (Å²) in [5.41, 5.74) is 2.57. The Balaban J connectivity index is 2.10. The van der Waals surface area contributed by atoms with Crippen LogP contribution in [-0.2, 0) is 0 Å². The topological polar surface area (TPSA) is 15.3 Å². The van der Waals surface area contributed by atoms with Crippen LogP contribution in [0.15, 0.2) is 24.3 Å². The van der Waals surface area contributed by atoms with Crippen molar-refractivity contribution in [3.63, 3.8) is 0 Å². The summed E-state index contributed by atoms with van der Waals surface area (Å²) in [5, 5.41) is 3.51. The van der Waals surface area contributed by atoms with E-state index in [0.29, 0.717) is 0 Å². The molecule has 1 unspecified atom stereocenters. The van der Waals surface area contributed by atoms with E-state index in [-0.39, 0.29) is 0 Å². The predicted octanol–water partition coefficient (Wildman–Crippen LogP) is 4.70. The molecule has 1 N–H and O–H groups in total. The van der Waals surface area contributed by atoms with Gasteiger partial charge in [0.25, 0.3) is 0 Å². The maximum Gasteiger partial charge on any atom is 0.0342 e. The van der Waals surface area contributed by atoms with Gasteiger partial charge in [-0.1, -0.05) is 32.4 Å². The summed E-state index contributed by atoms with van der Waals surface area (Å²) in [6.45, 7) is 12.5. The zero-order valence-corrected chi connectivity index (χ0v) is 13.8. The van der Waals surface area contributed by atoms with E-state index < -0.39 is 0 Å². The highest BCUT2D eigenvalue weighted by atomic mass is 15.1. The number of hydrogen-bond acceptors (Lipinski definition) is 2. The van der Waals surface area contributed by atoms with E-state index in [2.05, 4.69) is 62.2 Å². The van der Waals surface area contributed by atoms with Crippen molar-refractivity contribution in [3.05, 3.63) is 29.8 Å². The van der Waals surface area contributed by atoms with Gasteiger partial charge in [0, 0.05) is 18.3 Å². The summed E-state index contributed by atoms with van der Waals surface area (Å²) in [7, 11) is 0. The van der Waals surface area contributed by atoms with Crippen LogP contribution in [-0.4, -0.2) is 30.6 Å². The van der Waals surface area contributed by atoms with Crippen LogP contribution in [0.1, 0.15) is 52.0 Å². The Morgan fingerprint density at radius 3 is 2.60 bits per heavy atom. The van der Waals surface area contributed by atoms with Gasteiger partial charge in [0.15, 0.2) is 0 Å². The molecule has 0 fully saturated rings. The fourth-order valence-electron chi connectivity index (χ4n) is 2.55. The molecule has 0 aliphatic carbocycles. The van der Waals surface area contributed by atoms with Gasteiger partial charge in [-0.15, -0.1) is 0 Å². The molecule has 114 valence electrons. The lowest BCUT2D eigenvalue weighted by atomic mass is 10.1. The number of hydrogen-bond donors (Lipinski definition) is 1. The number of benzene rings is 1. The predicted molar refractivity (Wildman–Crippen MR) is 90.5 cm³/mol. The lowest BCUT2D eigenvalue weighted by Gasteiger charge is -2.26. The Hall–Kier alpha value is -1.02. The van der Waals surface area contributed by atoms with Gasteiger partial charge in [-0.3, -0.25) is 0 Å². The molecular weight excluding hydrogens is 244 g/mol. The molecule has 0 bridgehead atoms. The van der Waals surface area contributed by atoms with E-state index in [9.17, 15) is 0 Å². The maximum atomic E-state index is 3.51.